The average molecular weight is 345 g/mol. The molecule has 1 saturated heterocycles. The van der Waals surface area contributed by atoms with Crippen molar-refractivity contribution < 1.29 is 5.11 Å². The molecule has 0 aromatic heterocycles. The second-order valence-electron chi connectivity index (χ2n) is 7.19. The normalized spacial score (nSPS) is 22.5. The van der Waals surface area contributed by atoms with E-state index in [0.29, 0.717) is 12.6 Å². The topological polar surface area (TPSA) is 59.9 Å². The van der Waals surface area contributed by atoms with E-state index in [4.69, 9.17) is 4.99 Å². The molecule has 2 aliphatic rings. The van der Waals surface area contributed by atoms with Crippen molar-refractivity contribution in [2.24, 2.45) is 4.99 Å². The van der Waals surface area contributed by atoms with E-state index < -0.39 is 0 Å². The fourth-order valence-electron chi connectivity index (χ4n) is 4.05. The molecule has 0 bridgehead atoms. The Bertz CT molecular complexity index is 569. The van der Waals surface area contributed by atoms with Crippen LogP contribution in [-0.4, -0.2) is 47.7 Å². The number of hydrogen-bond donors (Lipinski definition) is 3. The van der Waals surface area contributed by atoms with Crippen molar-refractivity contribution in [1.82, 2.24) is 15.5 Å². The van der Waals surface area contributed by atoms with Gasteiger partial charge in [-0.3, -0.25) is 4.90 Å². The van der Waals surface area contributed by atoms with Crippen molar-refractivity contribution in [1.29, 1.82) is 0 Å². The molecule has 1 heterocycles. The summed E-state index contributed by atoms with van der Waals surface area (Å²) in [4.78, 5) is 7.41. The smallest absolute Gasteiger partial charge is 0.191 e. The molecule has 138 valence electrons. The molecule has 1 aliphatic carbocycles. The predicted molar refractivity (Wildman–Crippen MR) is 103 cm³/mol. The minimum absolute atomic E-state index is 0.0641. The molecule has 1 unspecified atom stereocenters. The van der Waals surface area contributed by atoms with Gasteiger partial charge in [0, 0.05) is 31.7 Å². The van der Waals surface area contributed by atoms with Gasteiger partial charge in [-0.1, -0.05) is 37.1 Å². The number of likely N-dealkylation sites (tertiary alicyclic amines) is 1. The van der Waals surface area contributed by atoms with Gasteiger partial charge in [0.25, 0.3) is 0 Å². The van der Waals surface area contributed by atoms with Crippen molar-refractivity contribution in [2.45, 2.75) is 64.3 Å². The van der Waals surface area contributed by atoms with Gasteiger partial charge in [0.2, 0.25) is 0 Å². The summed E-state index contributed by atoms with van der Waals surface area (Å²) in [6, 6.07) is 9.24. The highest BCUT2D eigenvalue weighted by molar-refractivity contribution is 5.80. The van der Waals surface area contributed by atoms with E-state index in [9.17, 15) is 5.11 Å². The summed E-state index contributed by atoms with van der Waals surface area (Å²) in [5.74, 6) is 0.883. The summed E-state index contributed by atoms with van der Waals surface area (Å²) in [5, 5.41) is 16.4. The lowest BCUT2D eigenvalue weighted by Gasteiger charge is -2.24. The average Bonchev–Trinajstić information content (AvgIpc) is 3.31. The van der Waals surface area contributed by atoms with Crippen molar-refractivity contribution in [2.75, 3.05) is 19.6 Å². The molecule has 0 radical (unpaired) electrons. The first-order chi connectivity index (χ1) is 12.3. The number of aliphatic hydroxyl groups excluding tert-OH is 1. The number of nitrogens with zero attached hydrogens (tertiary/aromatic N) is 2. The largest absolute Gasteiger partial charge is 0.392 e. The predicted octanol–water partition coefficient (Wildman–Crippen LogP) is 2.25. The quantitative estimate of drug-likeness (QED) is 0.547. The summed E-state index contributed by atoms with van der Waals surface area (Å²) in [6.07, 6.45) is 6.73. The first-order valence-electron chi connectivity index (χ1n) is 9.76. The third-order valence-electron chi connectivity index (χ3n) is 5.44. The van der Waals surface area contributed by atoms with Gasteiger partial charge in [-0.15, -0.1) is 0 Å². The van der Waals surface area contributed by atoms with Gasteiger partial charge >= 0.3 is 0 Å². The monoisotopic (exact) mass is 344 g/mol. The summed E-state index contributed by atoms with van der Waals surface area (Å²) in [7, 11) is 0. The molecular weight excluding hydrogens is 312 g/mol. The van der Waals surface area contributed by atoms with E-state index in [1.54, 1.807) is 0 Å². The fourth-order valence-corrected chi connectivity index (χ4v) is 4.05. The Kier molecular flexibility index (Phi) is 6.70. The third-order valence-corrected chi connectivity index (χ3v) is 5.44. The molecule has 2 fully saturated rings. The van der Waals surface area contributed by atoms with Gasteiger partial charge in [0.1, 0.15) is 0 Å². The standard InChI is InChI=1S/C20H32N4O/c1-2-21-20(22-13-16-7-3-4-8-17(16)15-25)23-18-11-12-24(14-18)19-9-5-6-10-19/h3-4,7-8,18-19,25H,2,5-6,9-15H2,1H3,(H2,21,22,23). The Morgan fingerprint density at radius 2 is 1.96 bits per heavy atom. The Labute approximate surface area is 151 Å². The minimum atomic E-state index is 0.0641. The van der Waals surface area contributed by atoms with Crippen molar-refractivity contribution in [3.8, 4) is 0 Å². The lowest BCUT2D eigenvalue weighted by atomic mass is 10.1. The zero-order valence-electron chi connectivity index (χ0n) is 15.4. The number of aliphatic imine (C=N–C) groups is 1. The lowest BCUT2D eigenvalue weighted by Crippen LogP contribution is -2.45. The summed E-state index contributed by atoms with van der Waals surface area (Å²) >= 11 is 0. The van der Waals surface area contributed by atoms with Crippen molar-refractivity contribution in [3.05, 3.63) is 35.4 Å². The van der Waals surface area contributed by atoms with Crippen LogP contribution in [0.3, 0.4) is 0 Å². The van der Waals surface area contributed by atoms with Crippen molar-refractivity contribution in [3.63, 3.8) is 0 Å². The van der Waals surface area contributed by atoms with Crippen LogP contribution in [0.2, 0.25) is 0 Å². The molecular formula is C20H32N4O. The first kappa shape index (κ1) is 18.2. The van der Waals surface area contributed by atoms with Crippen LogP contribution in [-0.2, 0) is 13.2 Å². The Morgan fingerprint density at radius 3 is 2.68 bits per heavy atom. The number of aliphatic hydroxyl groups is 1. The number of guanidine groups is 1. The van der Waals surface area contributed by atoms with Gasteiger partial charge in [0.15, 0.2) is 5.96 Å². The van der Waals surface area contributed by atoms with E-state index in [0.717, 1.165) is 36.2 Å². The molecule has 1 saturated carbocycles. The molecule has 1 atom stereocenters. The van der Waals surface area contributed by atoms with Gasteiger partial charge in [-0.05, 0) is 37.3 Å². The maximum atomic E-state index is 9.46. The summed E-state index contributed by atoms with van der Waals surface area (Å²) in [5.41, 5.74) is 2.04. The number of hydrogen-bond acceptors (Lipinski definition) is 3. The van der Waals surface area contributed by atoms with E-state index in [1.165, 1.54) is 38.6 Å². The zero-order chi connectivity index (χ0) is 17.5. The Hall–Kier alpha value is -1.59. The molecule has 3 rings (SSSR count). The van der Waals surface area contributed by atoms with Crippen LogP contribution in [0.15, 0.2) is 29.3 Å². The van der Waals surface area contributed by atoms with Crippen LogP contribution in [0, 0.1) is 0 Å². The van der Waals surface area contributed by atoms with Gasteiger partial charge in [0.05, 0.1) is 13.2 Å². The van der Waals surface area contributed by atoms with E-state index >= 15 is 0 Å². The molecule has 25 heavy (non-hydrogen) atoms. The number of benzene rings is 1. The Morgan fingerprint density at radius 1 is 1.20 bits per heavy atom. The highest BCUT2D eigenvalue weighted by Crippen LogP contribution is 2.26. The van der Waals surface area contributed by atoms with Crippen LogP contribution in [0.1, 0.15) is 50.2 Å². The molecule has 1 aromatic rings. The number of nitrogens with one attached hydrogen (secondary N) is 2. The third kappa shape index (κ3) is 4.95. The summed E-state index contributed by atoms with van der Waals surface area (Å²) < 4.78 is 0. The molecule has 5 heteroatoms. The van der Waals surface area contributed by atoms with Gasteiger partial charge < -0.3 is 15.7 Å². The van der Waals surface area contributed by atoms with E-state index in [-0.39, 0.29) is 6.61 Å². The zero-order valence-corrected chi connectivity index (χ0v) is 15.4. The van der Waals surface area contributed by atoms with Crippen LogP contribution >= 0.6 is 0 Å². The maximum Gasteiger partial charge on any atom is 0.191 e. The molecule has 1 aromatic carbocycles. The van der Waals surface area contributed by atoms with Crippen LogP contribution < -0.4 is 10.6 Å². The molecule has 0 amide bonds. The van der Waals surface area contributed by atoms with E-state index in [2.05, 4.69) is 22.5 Å². The minimum Gasteiger partial charge on any atom is -0.392 e. The van der Waals surface area contributed by atoms with Crippen LogP contribution in [0.25, 0.3) is 0 Å². The lowest BCUT2D eigenvalue weighted by molar-refractivity contribution is 0.242. The molecule has 5 nitrogen and oxygen atoms in total. The van der Waals surface area contributed by atoms with Gasteiger partial charge in [-0.25, -0.2) is 4.99 Å². The molecule has 1 aliphatic heterocycles. The molecule has 3 N–H and O–H groups in total. The van der Waals surface area contributed by atoms with E-state index in [1.807, 2.05) is 24.3 Å². The second kappa shape index (κ2) is 9.20. The molecule has 0 spiro atoms. The first-order valence-corrected chi connectivity index (χ1v) is 9.76. The van der Waals surface area contributed by atoms with Gasteiger partial charge in [-0.2, -0.15) is 0 Å². The van der Waals surface area contributed by atoms with Crippen LogP contribution in [0.4, 0.5) is 0 Å². The Balaban J connectivity index is 1.57. The highest BCUT2D eigenvalue weighted by Gasteiger charge is 2.30. The maximum absolute atomic E-state index is 9.46. The summed E-state index contributed by atoms with van der Waals surface area (Å²) in [6.45, 7) is 5.93. The highest BCUT2D eigenvalue weighted by atomic mass is 16.3. The number of rotatable bonds is 6. The van der Waals surface area contributed by atoms with Crippen molar-refractivity contribution >= 4 is 5.96 Å². The second-order valence-corrected chi connectivity index (χ2v) is 7.19. The SMILES string of the molecule is CCNC(=NCc1ccccc1CO)NC1CCN(C2CCCC2)C1. The van der Waals surface area contributed by atoms with Crippen LogP contribution in [0.5, 0.6) is 0 Å². The fraction of sp³-hybridized carbons (Fsp3) is 0.650.